The number of likely N-dealkylation sites (tertiary alicyclic amines) is 1. The van der Waals surface area contributed by atoms with E-state index in [-0.39, 0.29) is 34.7 Å². The molecule has 26 heavy (non-hydrogen) atoms. The van der Waals surface area contributed by atoms with E-state index in [1.807, 2.05) is 0 Å². The number of rotatable bonds is 5. The summed E-state index contributed by atoms with van der Waals surface area (Å²) in [5.74, 6) is -0.130. The minimum Gasteiger partial charge on any atom is -0.338 e. The van der Waals surface area contributed by atoms with Crippen LogP contribution in [-0.2, 0) is 10.0 Å². The highest BCUT2D eigenvalue weighted by Gasteiger charge is 2.35. The van der Waals surface area contributed by atoms with Crippen molar-refractivity contribution in [3.63, 3.8) is 0 Å². The third-order valence-electron chi connectivity index (χ3n) is 5.41. The number of benzene rings is 1. The fourth-order valence-corrected chi connectivity index (χ4v) is 5.02. The highest BCUT2D eigenvalue weighted by Crippen LogP contribution is 2.29. The molecule has 8 heteroatoms. The molecule has 0 spiro atoms. The molecule has 0 aromatic heterocycles. The molecule has 1 saturated heterocycles. The van der Waals surface area contributed by atoms with E-state index in [2.05, 4.69) is 11.6 Å². The van der Waals surface area contributed by atoms with E-state index in [9.17, 15) is 13.2 Å². The fraction of sp³-hybridized carbons (Fsp3) is 0.611. The number of halogens is 1. The van der Waals surface area contributed by atoms with Crippen molar-refractivity contribution in [2.75, 3.05) is 19.6 Å². The Morgan fingerprint density at radius 1 is 1.35 bits per heavy atom. The molecule has 1 heterocycles. The molecule has 1 amide bonds. The first-order chi connectivity index (χ1) is 11.8. The topological polar surface area (TPSA) is 92.5 Å². The third-order valence-corrected chi connectivity index (χ3v) is 6.92. The Balaban J connectivity index is 0.00000243. The van der Waals surface area contributed by atoms with Crippen LogP contribution in [-0.4, -0.2) is 44.9 Å². The van der Waals surface area contributed by atoms with Gasteiger partial charge in [0.15, 0.2) is 0 Å². The fourth-order valence-electron chi connectivity index (χ4n) is 3.67. The predicted octanol–water partition coefficient (Wildman–Crippen LogP) is 2.14. The van der Waals surface area contributed by atoms with Crippen molar-refractivity contribution in [1.29, 1.82) is 0 Å². The molecular formula is C18H28ClN3O3S. The van der Waals surface area contributed by atoms with Gasteiger partial charge in [0, 0.05) is 24.7 Å². The van der Waals surface area contributed by atoms with Crippen LogP contribution in [0.1, 0.15) is 49.4 Å². The molecule has 2 aliphatic rings. The average molecular weight is 402 g/mol. The molecule has 3 N–H and O–H groups in total. The summed E-state index contributed by atoms with van der Waals surface area (Å²) in [6, 6.07) is 6.34. The normalized spacial score (nSPS) is 23.8. The van der Waals surface area contributed by atoms with Gasteiger partial charge >= 0.3 is 0 Å². The van der Waals surface area contributed by atoms with Gasteiger partial charge in [0.25, 0.3) is 5.91 Å². The van der Waals surface area contributed by atoms with Gasteiger partial charge in [-0.1, -0.05) is 25.8 Å². The van der Waals surface area contributed by atoms with Crippen LogP contribution in [0.25, 0.3) is 0 Å². The van der Waals surface area contributed by atoms with Gasteiger partial charge < -0.3 is 10.6 Å². The van der Waals surface area contributed by atoms with Crippen molar-refractivity contribution in [2.24, 2.45) is 11.1 Å². The van der Waals surface area contributed by atoms with Gasteiger partial charge in [-0.05, 0) is 49.4 Å². The molecule has 2 fully saturated rings. The highest BCUT2D eigenvalue weighted by atomic mass is 35.5. The first-order valence-electron chi connectivity index (χ1n) is 8.95. The lowest BCUT2D eigenvalue weighted by atomic mass is 9.90. The van der Waals surface area contributed by atoms with E-state index in [0.29, 0.717) is 25.2 Å². The molecule has 1 atom stereocenters. The summed E-state index contributed by atoms with van der Waals surface area (Å²) in [7, 11) is -3.59. The third kappa shape index (κ3) is 4.57. The molecule has 146 valence electrons. The maximum Gasteiger partial charge on any atom is 0.253 e. The molecule has 6 nitrogen and oxygen atoms in total. The van der Waals surface area contributed by atoms with Crippen molar-refractivity contribution in [1.82, 2.24) is 9.62 Å². The number of nitrogens with two attached hydrogens (primary N) is 1. The van der Waals surface area contributed by atoms with Gasteiger partial charge in [-0.2, -0.15) is 0 Å². The molecule has 1 aromatic rings. The predicted molar refractivity (Wildman–Crippen MR) is 104 cm³/mol. The summed E-state index contributed by atoms with van der Waals surface area (Å²) in [6.45, 7) is 3.88. The van der Waals surface area contributed by atoms with E-state index >= 15 is 0 Å². The van der Waals surface area contributed by atoms with Crippen LogP contribution in [0.5, 0.6) is 0 Å². The van der Waals surface area contributed by atoms with Crippen LogP contribution >= 0.6 is 12.4 Å². The summed E-state index contributed by atoms with van der Waals surface area (Å²) in [5, 5.41) is 0. The summed E-state index contributed by atoms with van der Waals surface area (Å²) in [4.78, 5) is 14.7. The summed E-state index contributed by atoms with van der Waals surface area (Å²) >= 11 is 0. The summed E-state index contributed by atoms with van der Waals surface area (Å²) < 4.78 is 27.9. The van der Waals surface area contributed by atoms with Crippen molar-refractivity contribution < 1.29 is 13.2 Å². The van der Waals surface area contributed by atoms with Crippen molar-refractivity contribution in [3.8, 4) is 0 Å². The number of carbonyl (C=O) groups is 1. The van der Waals surface area contributed by atoms with Crippen molar-refractivity contribution >= 4 is 28.3 Å². The Labute approximate surface area is 162 Å². The zero-order valence-electron chi connectivity index (χ0n) is 15.1. The second kappa shape index (κ2) is 8.25. The number of nitrogens with zero attached hydrogens (tertiary/aromatic N) is 1. The van der Waals surface area contributed by atoms with Crippen LogP contribution in [0.15, 0.2) is 29.2 Å². The van der Waals surface area contributed by atoms with Crippen molar-refractivity contribution in [2.45, 2.75) is 50.0 Å². The van der Waals surface area contributed by atoms with Crippen LogP contribution < -0.4 is 10.5 Å². The lowest BCUT2D eigenvalue weighted by Gasteiger charge is -2.22. The van der Waals surface area contributed by atoms with Gasteiger partial charge in [-0.3, -0.25) is 4.79 Å². The SMILES string of the molecule is CC1(CN)CCN(C(=O)c2cccc(S(=O)(=O)NC3CCCC3)c2)C1.Cl. The van der Waals surface area contributed by atoms with Crippen LogP contribution in [0, 0.1) is 5.41 Å². The van der Waals surface area contributed by atoms with Gasteiger partial charge in [-0.15, -0.1) is 12.4 Å². The van der Waals surface area contributed by atoms with E-state index in [4.69, 9.17) is 5.73 Å². The largest absolute Gasteiger partial charge is 0.338 e. The number of hydrogen-bond acceptors (Lipinski definition) is 4. The number of sulfonamides is 1. The Bertz CT molecular complexity index is 750. The van der Waals surface area contributed by atoms with Crippen LogP contribution in [0.4, 0.5) is 0 Å². The molecule has 1 aromatic carbocycles. The minimum atomic E-state index is -3.59. The smallest absolute Gasteiger partial charge is 0.253 e. The molecule has 1 aliphatic carbocycles. The minimum absolute atomic E-state index is 0. The zero-order valence-corrected chi connectivity index (χ0v) is 16.7. The maximum atomic E-state index is 12.7. The lowest BCUT2D eigenvalue weighted by Crippen LogP contribution is -2.35. The van der Waals surface area contributed by atoms with E-state index in [0.717, 1.165) is 32.1 Å². The number of nitrogens with one attached hydrogen (secondary N) is 1. The summed E-state index contributed by atoms with van der Waals surface area (Å²) in [6.07, 6.45) is 4.74. The molecule has 3 rings (SSSR count). The lowest BCUT2D eigenvalue weighted by molar-refractivity contribution is 0.0776. The molecule has 0 radical (unpaired) electrons. The molecule has 1 aliphatic heterocycles. The van der Waals surface area contributed by atoms with Crippen LogP contribution in [0.3, 0.4) is 0 Å². The first kappa shape index (κ1) is 21.2. The molecule has 1 saturated carbocycles. The Morgan fingerprint density at radius 2 is 2.04 bits per heavy atom. The molecule has 1 unspecified atom stereocenters. The zero-order chi connectivity index (χ0) is 18.1. The highest BCUT2D eigenvalue weighted by molar-refractivity contribution is 7.89. The second-order valence-corrected chi connectivity index (χ2v) is 9.34. The number of amides is 1. The molecule has 0 bridgehead atoms. The number of carbonyl (C=O) groups excluding carboxylic acids is 1. The first-order valence-corrected chi connectivity index (χ1v) is 10.4. The Morgan fingerprint density at radius 3 is 2.65 bits per heavy atom. The Hall–Kier alpha value is -1.15. The standard InChI is InChI=1S/C18H27N3O3S.ClH/c1-18(12-19)9-10-21(13-18)17(22)14-5-4-8-16(11-14)25(23,24)20-15-6-2-3-7-15;/h4-5,8,11,15,20H,2-3,6-7,9-10,12-13,19H2,1H3;1H. The van der Waals surface area contributed by atoms with Gasteiger partial charge in [0.1, 0.15) is 0 Å². The van der Waals surface area contributed by atoms with E-state index in [1.54, 1.807) is 23.1 Å². The Kier molecular flexibility index (Phi) is 6.71. The maximum absolute atomic E-state index is 12.7. The van der Waals surface area contributed by atoms with Gasteiger partial charge in [0.2, 0.25) is 10.0 Å². The van der Waals surface area contributed by atoms with Crippen LogP contribution in [0.2, 0.25) is 0 Å². The summed E-state index contributed by atoms with van der Waals surface area (Å²) in [5.41, 5.74) is 6.16. The van der Waals surface area contributed by atoms with E-state index < -0.39 is 10.0 Å². The van der Waals surface area contributed by atoms with E-state index in [1.165, 1.54) is 6.07 Å². The van der Waals surface area contributed by atoms with Gasteiger partial charge in [-0.25, -0.2) is 13.1 Å². The molecular weight excluding hydrogens is 374 g/mol. The number of hydrogen-bond donors (Lipinski definition) is 2. The monoisotopic (exact) mass is 401 g/mol. The van der Waals surface area contributed by atoms with Crippen molar-refractivity contribution in [3.05, 3.63) is 29.8 Å². The van der Waals surface area contributed by atoms with Gasteiger partial charge in [0.05, 0.1) is 4.90 Å². The second-order valence-electron chi connectivity index (χ2n) is 7.62. The average Bonchev–Trinajstić information content (AvgIpc) is 3.24. The quantitative estimate of drug-likeness (QED) is 0.790.